The standard InChI is InChI=1S/C9H13N3O6/c1-4-6(7(15)12-18-4)11-9(10,8(16)17)3-2-5(13)14/h11H,2-3,10H2,1H3,(H,12,15)(H,13,14)(H,16,17)/t9-/m0/s1. The van der Waals surface area contributed by atoms with Gasteiger partial charge in [0.1, 0.15) is 5.69 Å². The Morgan fingerprint density at radius 1 is 1.50 bits per heavy atom. The van der Waals surface area contributed by atoms with Crippen molar-refractivity contribution in [2.75, 3.05) is 5.32 Å². The van der Waals surface area contributed by atoms with E-state index in [0.29, 0.717) is 0 Å². The summed E-state index contributed by atoms with van der Waals surface area (Å²) in [7, 11) is 0. The first kappa shape index (κ1) is 13.8. The van der Waals surface area contributed by atoms with Crippen molar-refractivity contribution in [3.63, 3.8) is 0 Å². The van der Waals surface area contributed by atoms with E-state index in [9.17, 15) is 14.4 Å². The lowest BCUT2D eigenvalue weighted by molar-refractivity contribution is -0.143. The molecule has 0 fully saturated rings. The average Bonchev–Trinajstić information content (AvgIpc) is 2.58. The number of hydrogen-bond donors (Lipinski definition) is 5. The molecule has 1 rings (SSSR count). The molecule has 0 aliphatic rings. The molecule has 0 saturated carbocycles. The molecule has 9 heteroatoms. The Labute approximate surface area is 101 Å². The molecule has 100 valence electrons. The summed E-state index contributed by atoms with van der Waals surface area (Å²) in [6.45, 7) is 1.43. The zero-order valence-electron chi connectivity index (χ0n) is 9.52. The summed E-state index contributed by atoms with van der Waals surface area (Å²) >= 11 is 0. The largest absolute Gasteiger partial charge is 0.481 e. The van der Waals surface area contributed by atoms with Crippen LogP contribution in [0.2, 0.25) is 0 Å². The minimum atomic E-state index is -2.06. The molecule has 9 nitrogen and oxygen atoms in total. The number of nitrogens with two attached hydrogens (primary N) is 1. The van der Waals surface area contributed by atoms with E-state index < -0.39 is 29.6 Å². The molecule has 0 aliphatic heterocycles. The quantitative estimate of drug-likeness (QED) is 0.419. The van der Waals surface area contributed by atoms with Crippen LogP contribution in [0.5, 0.6) is 0 Å². The molecule has 0 spiro atoms. The van der Waals surface area contributed by atoms with Crippen molar-refractivity contribution in [3.8, 4) is 0 Å². The number of aryl methyl sites for hydroxylation is 1. The van der Waals surface area contributed by atoms with Gasteiger partial charge >= 0.3 is 17.5 Å². The molecule has 0 aliphatic carbocycles. The lowest BCUT2D eigenvalue weighted by Gasteiger charge is -2.25. The molecule has 0 saturated heterocycles. The highest BCUT2D eigenvalue weighted by atomic mass is 16.5. The van der Waals surface area contributed by atoms with Gasteiger partial charge in [0.05, 0.1) is 0 Å². The van der Waals surface area contributed by atoms with Crippen molar-refractivity contribution in [1.29, 1.82) is 0 Å². The number of aromatic nitrogens is 1. The Morgan fingerprint density at radius 2 is 2.11 bits per heavy atom. The molecule has 0 bridgehead atoms. The van der Waals surface area contributed by atoms with Crippen LogP contribution in [0, 0.1) is 6.92 Å². The molecule has 0 aromatic carbocycles. The summed E-state index contributed by atoms with van der Waals surface area (Å²) in [5, 5.41) is 21.8. The molecular formula is C9H13N3O6. The number of carbonyl (C=O) groups is 2. The first-order valence-electron chi connectivity index (χ1n) is 4.96. The zero-order valence-corrected chi connectivity index (χ0v) is 9.52. The topological polar surface area (TPSA) is 159 Å². The third-order valence-corrected chi connectivity index (χ3v) is 2.34. The number of rotatable bonds is 6. The van der Waals surface area contributed by atoms with Gasteiger partial charge in [-0.25, -0.2) is 4.79 Å². The second kappa shape index (κ2) is 4.92. The van der Waals surface area contributed by atoms with Crippen LogP contribution in [0.3, 0.4) is 0 Å². The van der Waals surface area contributed by atoms with Crippen molar-refractivity contribution in [3.05, 3.63) is 16.1 Å². The van der Waals surface area contributed by atoms with E-state index in [1.165, 1.54) is 6.92 Å². The summed E-state index contributed by atoms with van der Waals surface area (Å²) in [4.78, 5) is 32.8. The highest BCUT2D eigenvalue weighted by molar-refractivity contribution is 5.82. The van der Waals surface area contributed by atoms with E-state index in [1.54, 1.807) is 0 Å². The zero-order chi connectivity index (χ0) is 13.9. The van der Waals surface area contributed by atoms with Gasteiger partial charge in [0, 0.05) is 12.8 Å². The first-order chi connectivity index (χ1) is 8.26. The van der Waals surface area contributed by atoms with Crippen LogP contribution in [-0.4, -0.2) is 33.0 Å². The number of nitrogens with one attached hydrogen (secondary N) is 2. The van der Waals surface area contributed by atoms with Crippen LogP contribution in [-0.2, 0) is 9.59 Å². The highest BCUT2D eigenvalue weighted by Gasteiger charge is 2.36. The molecular weight excluding hydrogens is 246 g/mol. The number of aliphatic carboxylic acids is 2. The number of aromatic amines is 1. The molecule has 1 aromatic rings. The maximum absolute atomic E-state index is 11.3. The molecule has 0 radical (unpaired) electrons. The third kappa shape index (κ3) is 2.88. The number of carboxylic acids is 2. The summed E-state index contributed by atoms with van der Waals surface area (Å²) < 4.78 is 4.68. The van der Waals surface area contributed by atoms with Gasteiger partial charge in [-0.05, 0) is 6.92 Å². The Morgan fingerprint density at radius 3 is 2.50 bits per heavy atom. The van der Waals surface area contributed by atoms with Crippen LogP contribution in [0.4, 0.5) is 5.69 Å². The Hall–Kier alpha value is -2.29. The van der Waals surface area contributed by atoms with Crippen LogP contribution in [0.15, 0.2) is 9.32 Å². The lowest BCUT2D eigenvalue weighted by atomic mass is 10.0. The predicted octanol–water partition coefficient (Wildman–Crippen LogP) is -0.707. The maximum atomic E-state index is 11.3. The van der Waals surface area contributed by atoms with Gasteiger partial charge in [-0.3, -0.25) is 15.3 Å². The molecule has 0 amide bonds. The fraction of sp³-hybridized carbons (Fsp3) is 0.444. The van der Waals surface area contributed by atoms with Gasteiger partial charge < -0.3 is 20.1 Å². The van der Waals surface area contributed by atoms with Gasteiger partial charge in [0.15, 0.2) is 11.4 Å². The minimum absolute atomic E-state index is 0.131. The lowest BCUT2D eigenvalue weighted by Crippen LogP contribution is -2.55. The number of hydrogen-bond acceptors (Lipinski definition) is 6. The third-order valence-electron chi connectivity index (χ3n) is 2.34. The van der Waals surface area contributed by atoms with Crippen molar-refractivity contribution < 1.29 is 24.3 Å². The molecule has 0 unspecified atom stereocenters. The van der Waals surface area contributed by atoms with E-state index in [2.05, 4.69) is 9.84 Å². The van der Waals surface area contributed by atoms with E-state index in [1.807, 2.05) is 5.16 Å². The molecule has 1 atom stereocenters. The van der Waals surface area contributed by atoms with Crippen LogP contribution in [0.1, 0.15) is 18.6 Å². The van der Waals surface area contributed by atoms with E-state index in [-0.39, 0.29) is 17.9 Å². The molecule has 18 heavy (non-hydrogen) atoms. The van der Waals surface area contributed by atoms with Crippen molar-refractivity contribution in [2.24, 2.45) is 5.73 Å². The summed E-state index contributed by atoms with van der Waals surface area (Å²) in [6, 6.07) is 0. The smallest absolute Gasteiger partial charge is 0.344 e. The van der Waals surface area contributed by atoms with Crippen molar-refractivity contribution in [1.82, 2.24) is 5.16 Å². The number of anilines is 1. The fourth-order valence-electron chi connectivity index (χ4n) is 1.28. The Kier molecular flexibility index (Phi) is 3.76. The maximum Gasteiger partial charge on any atom is 0.344 e. The SMILES string of the molecule is Cc1o[nH]c(=O)c1N[C@@](N)(CCC(=O)O)C(=O)O. The van der Waals surface area contributed by atoms with Gasteiger partial charge in [0.2, 0.25) is 0 Å². The van der Waals surface area contributed by atoms with Gasteiger partial charge in [0.25, 0.3) is 0 Å². The Balaban J connectivity index is 2.96. The number of carboxylic acid groups (broad SMARTS) is 2. The fourth-order valence-corrected chi connectivity index (χ4v) is 1.28. The van der Waals surface area contributed by atoms with Gasteiger partial charge in [-0.15, -0.1) is 0 Å². The summed E-state index contributed by atoms with van der Waals surface area (Å²) in [5.41, 5.74) is 2.69. The second-order valence-electron chi connectivity index (χ2n) is 3.76. The monoisotopic (exact) mass is 259 g/mol. The average molecular weight is 259 g/mol. The number of H-pyrrole nitrogens is 1. The molecule has 1 aromatic heterocycles. The summed E-state index contributed by atoms with van der Waals surface area (Å²) in [5.74, 6) is -2.53. The minimum Gasteiger partial charge on any atom is -0.481 e. The van der Waals surface area contributed by atoms with E-state index >= 15 is 0 Å². The van der Waals surface area contributed by atoms with E-state index in [0.717, 1.165) is 0 Å². The van der Waals surface area contributed by atoms with Crippen molar-refractivity contribution >= 4 is 17.6 Å². The molecule has 6 N–H and O–H groups in total. The first-order valence-corrected chi connectivity index (χ1v) is 4.96. The highest BCUT2D eigenvalue weighted by Crippen LogP contribution is 2.16. The van der Waals surface area contributed by atoms with Gasteiger partial charge in [-0.2, -0.15) is 5.16 Å². The van der Waals surface area contributed by atoms with Crippen molar-refractivity contribution in [2.45, 2.75) is 25.4 Å². The normalized spacial score (nSPS) is 13.9. The second-order valence-corrected chi connectivity index (χ2v) is 3.76. The van der Waals surface area contributed by atoms with E-state index in [4.69, 9.17) is 15.9 Å². The molecule has 1 heterocycles. The predicted molar refractivity (Wildman–Crippen MR) is 59.1 cm³/mol. The van der Waals surface area contributed by atoms with Gasteiger partial charge in [-0.1, -0.05) is 0 Å². The summed E-state index contributed by atoms with van der Waals surface area (Å²) in [6.07, 6.45) is -0.841. The van der Waals surface area contributed by atoms with Crippen LogP contribution < -0.4 is 16.6 Å². The Bertz CT molecular complexity index is 519. The van der Waals surface area contributed by atoms with Crippen LogP contribution >= 0.6 is 0 Å². The van der Waals surface area contributed by atoms with Crippen LogP contribution in [0.25, 0.3) is 0 Å².